The minimum absolute atomic E-state index is 0.0379. The van der Waals surface area contributed by atoms with E-state index in [1.807, 2.05) is 0 Å². The Labute approximate surface area is 185 Å². The van der Waals surface area contributed by atoms with Crippen LogP contribution in [-0.2, 0) is 9.59 Å². The highest BCUT2D eigenvalue weighted by Gasteiger charge is 2.40. The lowest BCUT2D eigenvalue weighted by molar-refractivity contribution is -0.496. The first kappa shape index (κ1) is 25.5. The molecule has 32 heavy (non-hydrogen) atoms. The van der Waals surface area contributed by atoms with Crippen LogP contribution in [0, 0.1) is 11.3 Å². The predicted molar refractivity (Wildman–Crippen MR) is 115 cm³/mol. The van der Waals surface area contributed by atoms with E-state index in [2.05, 4.69) is 22.5 Å². The zero-order valence-corrected chi connectivity index (χ0v) is 18.2. The van der Waals surface area contributed by atoms with Gasteiger partial charge in [0, 0.05) is 19.6 Å². The molecule has 0 saturated carbocycles. The molecule has 0 aliphatic carbocycles. The van der Waals surface area contributed by atoms with Gasteiger partial charge in [0.2, 0.25) is 5.91 Å². The number of hydrogen-bond acceptors (Lipinski definition) is 4. The molecule has 7 nitrogen and oxygen atoms in total. The van der Waals surface area contributed by atoms with E-state index in [1.54, 1.807) is 30.3 Å². The molecule has 1 aromatic rings. The first-order valence-corrected chi connectivity index (χ1v) is 10.8. The van der Waals surface area contributed by atoms with Crippen molar-refractivity contribution in [3.8, 4) is 0 Å². The van der Waals surface area contributed by atoms with E-state index in [-0.39, 0.29) is 24.9 Å². The number of likely N-dealkylation sites (tertiary alicyclic amines) is 1. The molecule has 1 fully saturated rings. The van der Waals surface area contributed by atoms with E-state index in [1.165, 1.54) is 5.32 Å². The van der Waals surface area contributed by atoms with Gasteiger partial charge in [0.25, 0.3) is 5.91 Å². The first-order valence-electron chi connectivity index (χ1n) is 10.8. The molecule has 10 heteroatoms. The standard InChI is InChI=1S/C22H30F3N5O2/c1-2-12-30-13-6-7-16(15-30)20(31)27-10-11-28-21(32)18(19(26)22(23,24)25)14-29-17-8-4-3-5-9-17/h3-5,8-9,14,16,26,29H,2,6-7,10-13,15H2,1H3,(H,27,31)(H,28,32)/p+1/b18-14+,26-19?. The van der Waals surface area contributed by atoms with Gasteiger partial charge in [-0.3, -0.25) is 20.3 Å². The molecule has 5 N–H and O–H groups in total. The number of nitrogens with one attached hydrogen (secondary N) is 3. The average molecular weight is 455 g/mol. The fraction of sp³-hybridized carbons (Fsp3) is 0.500. The summed E-state index contributed by atoms with van der Waals surface area (Å²) in [5, 5.41) is 13.8. The third kappa shape index (κ3) is 8.08. The number of piperidine rings is 1. The zero-order valence-electron chi connectivity index (χ0n) is 18.2. The number of quaternary nitrogens is 1. The zero-order chi connectivity index (χ0) is 23.6. The van der Waals surface area contributed by atoms with Crippen molar-refractivity contribution in [2.24, 2.45) is 5.92 Å². The summed E-state index contributed by atoms with van der Waals surface area (Å²) in [4.78, 5) is 27.0. The summed E-state index contributed by atoms with van der Waals surface area (Å²) in [6.45, 7) is 4.77. The van der Waals surface area contributed by atoms with E-state index in [0.717, 1.165) is 38.6 Å². The number of nitrogens with zero attached hydrogens (tertiary/aromatic N) is 1. The predicted octanol–water partition coefficient (Wildman–Crippen LogP) is 1.70. The normalized spacial score (nSPS) is 17.6. The Kier molecular flexibility index (Phi) is 9.86. The highest BCUT2D eigenvalue weighted by atomic mass is 19.4. The van der Waals surface area contributed by atoms with Crippen molar-refractivity contribution in [1.29, 1.82) is 5.41 Å². The van der Waals surface area contributed by atoms with Crippen LogP contribution in [0.25, 0.3) is 0 Å². The van der Waals surface area contributed by atoms with Gasteiger partial charge < -0.3 is 15.5 Å². The summed E-state index contributed by atoms with van der Waals surface area (Å²) in [5.74, 6) is -1.25. The maximum absolute atomic E-state index is 13.1. The van der Waals surface area contributed by atoms with E-state index < -0.39 is 23.4 Å². The summed E-state index contributed by atoms with van der Waals surface area (Å²) in [6, 6.07) is 8.53. The van der Waals surface area contributed by atoms with Gasteiger partial charge >= 0.3 is 6.18 Å². The Morgan fingerprint density at radius 3 is 2.56 bits per heavy atom. The molecular weight excluding hydrogens is 423 g/mol. The van der Waals surface area contributed by atoms with Crippen molar-refractivity contribution in [2.75, 3.05) is 32.7 Å². The van der Waals surface area contributed by atoms with Crippen molar-refractivity contribution in [3.63, 3.8) is 0 Å². The Bertz CT molecular complexity index is 810. The molecule has 0 radical (unpaired) electrons. The second kappa shape index (κ2) is 12.4. The molecule has 1 heterocycles. The second-order valence-corrected chi connectivity index (χ2v) is 7.72. The van der Waals surface area contributed by atoms with Crippen LogP contribution in [0.1, 0.15) is 26.2 Å². The molecule has 1 aliphatic heterocycles. The van der Waals surface area contributed by atoms with Gasteiger partial charge in [0.05, 0.1) is 5.92 Å². The van der Waals surface area contributed by atoms with Crippen LogP contribution in [0.4, 0.5) is 18.9 Å². The lowest BCUT2D eigenvalue weighted by atomic mass is 9.97. The summed E-state index contributed by atoms with van der Waals surface area (Å²) in [7, 11) is 0. The molecule has 0 bridgehead atoms. The van der Waals surface area contributed by atoms with Crippen LogP contribution < -0.4 is 16.0 Å². The third-order valence-electron chi connectivity index (χ3n) is 5.17. The summed E-state index contributed by atoms with van der Waals surface area (Å²) >= 11 is 0. The van der Waals surface area contributed by atoms with Crippen LogP contribution in [-0.4, -0.2) is 61.3 Å². The number of rotatable bonds is 10. The Morgan fingerprint density at radius 1 is 1.22 bits per heavy atom. The molecule has 1 aliphatic rings. The summed E-state index contributed by atoms with van der Waals surface area (Å²) < 4.78 is 39.2. The van der Waals surface area contributed by atoms with Gasteiger partial charge in [-0.25, -0.2) is 0 Å². The Morgan fingerprint density at radius 2 is 1.91 bits per heavy atom. The van der Waals surface area contributed by atoms with Crippen molar-refractivity contribution < 1.29 is 28.1 Å². The largest absolute Gasteiger partial charge is 0.433 e. The van der Waals surface area contributed by atoms with E-state index in [9.17, 15) is 22.8 Å². The van der Waals surface area contributed by atoms with Crippen LogP contribution in [0.2, 0.25) is 0 Å². The van der Waals surface area contributed by atoms with Gasteiger partial charge in [0.15, 0.2) is 5.71 Å². The van der Waals surface area contributed by atoms with Crippen molar-refractivity contribution >= 4 is 23.2 Å². The number of amides is 2. The smallest absolute Gasteiger partial charge is 0.354 e. The number of hydrogen-bond donors (Lipinski definition) is 4. The number of benzene rings is 1. The van der Waals surface area contributed by atoms with Crippen molar-refractivity contribution in [2.45, 2.75) is 32.4 Å². The number of nitrogens with two attached hydrogens (primary N) is 1. The molecule has 2 amide bonds. The first-order chi connectivity index (χ1) is 15.2. The molecule has 0 spiro atoms. The maximum atomic E-state index is 13.1. The maximum Gasteiger partial charge on any atom is 0.433 e. The number of carbonyl (C=O) groups is 2. The summed E-state index contributed by atoms with van der Waals surface area (Å²) in [6.07, 6.45) is -1.20. The quantitative estimate of drug-likeness (QED) is 0.187. The minimum Gasteiger partial charge on any atom is -0.354 e. The third-order valence-corrected chi connectivity index (χ3v) is 5.17. The topological polar surface area (TPSA) is 102 Å². The molecule has 1 atom stereocenters. The van der Waals surface area contributed by atoms with Gasteiger partial charge in [-0.05, 0) is 44.5 Å². The lowest BCUT2D eigenvalue weighted by Crippen LogP contribution is -2.72. The number of para-hydroxylation sites is 1. The van der Waals surface area contributed by atoms with E-state index in [4.69, 9.17) is 5.41 Å². The molecule has 0 aromatic heterocycles. The van der Waals surface area contributed by atoms with E-state index in [0.29, 0.717) is 12.2 Å². The molecule has 1 saturated heterocycles. The lowest BCUT2D eigenvalue weighted by Gasteiger charge is -2.31. The molecule has 1 aromatic carbocycles. The monoisotopic (exact) mass is 454 g/mol. The van der Waals surface area contributed by atoms with Crippen molar-refractivity contribution in [3.05, 3.63) is 42.1 Å². The number of alkyl halides is 3. The van der Waals surface area contributed by atoms with Crippen LogP contribution >= 0.6 is 0 Å². The van der Waals surface area contributed by atoms with Crippen LogP contribution in [0.3, 0.4) is 0 Å². The fourth-order valence-corrected chi connectivity index (χ4v) is 3.56. The molecule has 176 valence electrons. The SMILES string of the molecule is CCCN1CCCC(C(=O)NCCNC(=O)/C(=C/[NH2+]c2ccccc2)C(=N)C(F)(F)F)C1. The fourth-order valence-electron chi connectivity index (χ4n) is 3.56. The molecule has 2 rings (SSSR count). The average Bonchev–Trinajstić information content (AvgIpc) is 2.77. The van der Waals surface area contributed by atoms with Gasteiger partial charge in [-0.2, -0.15) is 13.2 Å². The second-order valence-electron chi connectivity index (χ2n) is 7.72. The number of halogens is 3. The number of carbonyl (C=O) groups excluding carboxylic acids is 2. The summed E-state index contributed by atoms with van der Waals surface area (Å²) in [5.41, 5.74) is -1.90. The van der Waals surface area contributed by atoms with Gasteiger partial charge in [-0.15, -0.1) is 0 Å². The van der Waals surface area contributed by atoms with Gasteiger partial charge in [-0.1, -0.05) is 25.1 Å². The highest BCUT2D eigenvalue weighted by Crippen LogP contribution is 2.21. The van der Waals surface area contributed by atoms with Crippen LogP contribution in [0.15, 0.2) is 42.1 Å². The van der Waals surface area contributed by atoms with Crippen molar-refractivity contribution in [1.82, 2.24) is 15.5 Å². The Balaban J connectivity index is 1.88. The van der Waals surface area contributed by atoms with Gasteiger partial charge in [0.1, 0.15) is 17.5 Å². The molecule has 1 unspecified atom stereocenters. The molecular formula is C22H31F3N5O2+. The Hall–Kier alpha value is -2.72. The van der Waals surface area contributed by atoms with E-state index >= 15 is 0 Å². The van der Waals surface area contributed by atoms with Crippen LogP contribution in [0.5, 0.6) is 0 Å². The minimum atomic E-state index is -4.95. The highest BCUT2D eigenvalue weighted by molar-refractivity contribution is 6.22.